The summed E-state index contributed by atoms with van der Waals surface area (Å²) in [6.07, 6.45) is -1.56. The van der Waals surface area contributed by atoms with Crippen LogP contribution in [0.25, 0.3) is 0 Å². The van der Waals surface area contributed by atoms with E-state index in [4.69, 9.17) is 4.74 Å². The minimum atomic E-state index is -4.41. The molecule has 0 radical (unpaired) electrons. The summed E-state index contributed by atoms with van der Waals surface area (Å²) in [6.45, 7) is 3.71. The van der Waals surface area contributed by atoms with Crippen LogP contribution in [0.3, 0.4) is 0 Å². The van der Waals surface area contributed by atoms with Crippen LogP contribution in [0.1, 0.15) is 22.4 Å². The van der Waals surface area contributed by atoms with Crippen molar-refractivity contribution >= 4 is 11.9 Å². The van der Waals surface area contributed by atoms with E-state index in [1.165, 1.54) is 6.07 Å². The molecular weight excluding hydrogens is 433 g/mol. The number of aryl methyl sites for hydroxylation is 1. The van der Waals surface area contributed by atoms with Crippen molar-refractivity contribution in [3.8, 4) is 5.75 Å². The topological polar surface area (TPSA) is 58.6 Å². The van der Waals surface area contributed by atoms with Crippen LogP contribution in [0.4, 0.5) is 23.8 Å². The van der Waals surface area contributed by atoms with Gasteiger partial charge in [-0.1, -0.05) is 12.1 Å². The summed E-state index contributed by atoms with van der Waals surface area (Å²) in [5.74, 6) is 0.905. The normalized spacial score (nSPS) is 14.3. The van der Waals surface area contributed by atoms with Gasteiger partial charge in [-0.25, -0.2) is 9.78 Å². The molecule has 1 saturated heterocycles. The first-order valence-electron chi connectivity index (χ1n) is 10.5. The van der Waals surface area contributed by atoms with Crippen molar-refractivity contribution in [3.05, 3.63) is 83.3 Å². The number of amides is 1. The molecule has 4 rings (SSSR count). The molecule has 0 saturated carbocycles. The fourth-order valence-electron chi connectivity index (χ4n) is 3.60. The summed E-state index contributed by atoms with van der Waals surface area (Å²) in [4.78, 5) is 24.2. The smallest absolute Gasteiger partial charge is 0.410 e. The number of nitrogens with zero attached hydrogens (tertiary/aromatic N) is 4. The maximum absolute atomic E-state index is 12.7. The Morgan fingerprint density at radius 3 is 2.33 bits per heavy atom. The molecule has 3 aromatic rings. The Kier molecular flexibility index (Phi) is 6.48. The fourth-order valence-corrected chi connectivity index (χ4v) is 3.60. The summed E-state index contributed by atoms with van der Waals surface area (Å²) in [5, 5.41) is 0. The van der Waals surface area contributed by atoms with Gasteiger partial charge in [0.25, 0.3) is 0 Å². The van der Waals surface area contributed by atoms with Crippen LogP contribution in [0.5, 0.6) is 5.75 Å². The number of ether oxygens (including phenoxy) is 1. The molecule has 1 amide bonds. The number of pyridine rings is 2. The van der Waals surface area contributed by atoms with Gasteiger partial charge in [0.1, 0.15) is 11.6 Å². The van der Waals surface area contributed by atoms with Gasteiger partial charge >= 0.3 is 12.3 Å². The second-order valence-corrected chi connectivity index (χ2v) is 7.89. The second-order valence-electron chi connectivity index (χ2n) is 7.89. The molecule has 6 nitrogen and oxygen atoms in total. The SMILES string of the molecule is Cc1ccnc(Cc2ccc(OC(=O)N3CCN(c4ccc(C(F)(F)F)cn4)CC3)cc2)c1. The maximum atomic E-state index is 12.7. The van der Waals surface area contributed by atoms with Gasteiger partial charge in [0.05, 0.1) is 5.56 Å². The molecule has 33 heavy (non-hydrogen) atoms. The number of carbonyl (C=O) groups excluding carboxylic acids is 1. The molecule has 0 unspecified atom stereocenters. The quantitative estimate of drug-likeness (QED) is 0.569. The summed E-state index contributed by atoms with van der Waals surface area (Å²) < 4.78 is 43.6. The van der Waals surface area contributed by atoms with Crippen molar-refractivity contribution in [1.82, 2.24) is 14.9 Å². The van der Waals surface area contributed by atoms with Gasteiger partial charge < -0.3 is 14.5 Å². The molecule has 172 valence electrons. The van der Waals surface area contributed by atoms with Crippen LogP contribution in [-0.2, 0) is 12.6 Å². The largest absolute Gasteiger partial charge is 0.417 e. The second kappa shape index (κ2) is 9.48. The summed E-state index contributed by atoms with van der Waals surface area (Å²) in [5.41, 5.74) is 2.40. The van der Waals surface area contributed by atoms with Crippen LogP contribution >= 0.6 is 0 Å². The molecule has 1 aromatic carbocycles. The molecule has 2 aromatic heterocycles. The molecule has 1 aliphatic heterocycles. The van der Waals surface area contributed by atoms with Crippen molar-refractivity contribution in [3.63, 3.8) is 0 Å². The van der Waals surface area contributed by atoms with Gasteiger partial charge in [-0.3, -0.25) is 4.98 Å². The zero-order valence-electron chi connectivity index (χ0n) is 18.0. The fraction of sp³-hybridized carbons (Fsp3) is 0.292. The molecule has 0 spiro atoms. The summed E-state index contributed by atoms with van der Waals surface area (Å²) in [7, 11) is 0. The molecule has 0 bridgehead atoms. The highest BCUT2D eigenvalue weighted by molar-refractivity contribution is 5.71. The Morgan fingerprint density at radius 2 is 1.73 bits per heavy atom. The minimum absolute atomic E-state index is 0.388. The number of aromatic nitrogens is 2. The van der Waals surface area contributed by atoms with Gasteiger partial charge in [-0.05, 0) is 54.4 Å². The van der Waals surface area contributed by atoms with Crippen molar-refractivity contribution in [2.24, 2.45) is 0 Å². The van der Waals surface area contributed by atoms with E-state index in [1.807, 2.05) is 36.1 Å². The van der Waals surface area contributed by atoms with Crippen LogP contribution in [-0.4, -0.2) is 47.1 Å². The third-order valence-corrected chi connectivity index (χ3v) is 5.42. The molecule has 0 N–H and O–H groups in total. The maximum Gasteiger partial charge on any atom is 0.417 e. The third kappa shape index (κ3) is 5.79. The molecule has 9 heteroatoms. The molecule has 1 aliphatic rings. The number of rotatable bonds is 4. The predicted molar refractivity (Wildman–Crippen MR) is 117 cm³/mol. The van der Waals surface area contributed by atoms with E-state index in [0.717, 1.165) is 29.1 Å². The molecule has 0 atom stereocenters. The molecule has 0 aliphatic carbocycles. The van der Waals surface area contributed by atoms with Gasteiger partial charge in [-0.2, -0.15) is 13.2 Å². The highest BCUT2D eigenvalue weighted by Gasteiger charge is 2.31. The lowest BCUT2D eigenvalue weighted by Crippen LogP contribution is -2.49. The van der Waals surface area contributed by atoms with E-state index in [9.17, 15) is 18.0 Å². The zero-order chi connectivity index (χ0) is 23.4. The first kappa shape index (κ1) is 22.6. The lowest BCUT2D eigenvalue weighted by atomic mass is 10.1. The number of piperazine rings is 1. The van der Waals surface area contributed by atoms with E-state index < -0.39 is 17.8 Å². The average molecular weight is 456 g/mol. The third-order valence-electron chi connectivity index (χ3n) is 5.42. The Hall–Kier alpha value is -3.62. The van der Waals surface area contributed by atoms with Crippen LogP contribution in [0.2, 0.25) is 0 Å². The van der Waals surface area contributed by atoms with E-state index in [-0.39, 0.29) is 0 Å². The van der Waals surface area contributed by atoms with Gasteiger partial charge in [0.2, 0.25) is 0 Å². The number of hydrogen-bond acceptors (Lipinski definition) is 5. The highest BCUT2D eigenvalue weighted by atomic mass is 19.4. The number of halogens is 3. The number of anilines is 1. The molecule has 1 fully saturated rings. The number of alkyl halides is 3. The zero-order valence-corrected chi connectivity index (χ0v) is 18.0. The van der Waals surface area contributed by atoms with E-state index >= 15 is 0 Å². The molecular formula is C24H23F3N4O2. The van der Waals surface area contributed by atoms with Crippen molar-refractivity contribution in [1.29, 1.82) is 0 Å². The number of hydrogen-bond donors (Lipinski definition) is 0. The lowest BCUT2D eigenvalue weighted by molar-refractivity contribution is -0.137. The van der Waals surface area contributed by atoms with E-state index in [2.05, 4.69) is 9.97 Å². The summed E-state index contributed by atoms with van der Waals surface area (Å²) in [6, 6.07) is 13.7. The van der Waals surface area contributed by atoms with Crippen LogP contribution in [0.15, 0.2) is 60.9 Å². The first-order valence-corrected chi connectivity index (χ1v) is 10.5. The monoisotopic (exact) mass is 456 g/mol. The van der Waals surface area contributed by atoms with E-state index in [1.54, 1.807) is 23.2 Å². The Bertz CT molecular complexity index is 1090. The minimum Gasteiger partial charge on any atom is -0.410 e. The lowest BCUT2D eigenvalue weighted by Gasteiger charge is -2.34. The van der Waals surface area contributed by atoms with Gasteiger partial charge in [-0.15, -0.1) is 0 Å². The van der Waals surface area contributed by atoms with Crippen molar-refractivity contribution in [2.45, 2.75) is 19.5 Å². The van der Waals surface area contributed by atoms with Crippen LogP contribution in [0, 0.1) is 6.92 Å². The predicted octanol–water partition coefficient (Wildman–Crippen LogP) is 4.72. The highest BCUT2D eigenvalue weighted by Crippen LogP contribution is 2.29. The number of benzene rings is 1. The van der Waals surface area contributed by atoms with Crippen molar-refractivity contribution in [2.75, 3.05) is 31.1 Å². The molecule has 3 heterocycles. The van der Waals surface area contributed by atoms with Crippen molar-refractivity contribution < 1.29 is 22.7 Å². The Labute approximate surface area is 189 Å². The van der Waals surface area contributed by atoms with Gasteiger partial charge in [0, 0.05) is 50.7 Å². The summed E-state index contributed by atoms with van der Waals surface area (Å²) >= 11 is 0. The van der Waals surface area contributed by atoms with E-state index in [0.29, 0.717) is 44.2 Å². The van der Waals surface area contributed by atoms with Gasteiger partial charge in [0.15, 0.2) is 0 Å². The average Bonchev–Trinajstić information content (AvgIpc) is 2.80. The number of carbonyl (C=O) groups is 1. The first-order chi connectivity index (χ1) is 15.8. The Balaban J connectivity index is 1.28. The Morgan fingerprint density at radius 1 is 1.00 bits per heavy atom. The standard InChI is InChI=1S/C24H23F3N4O2/c1-17-8-9-28-20(14-17)15-18-2-5-21(6-3-18)33-23(32)31-12-10-30(11-13-31)22-7-4-19(16-29-22)24(25,26)27/h2-9,14,16H,10-13,15H2,1H3. The van der Waals surface area contributed by atoms with Crippen LogP contribution < -0.4 is 9.64 Å².